The van der Waals surface area contributed by atoms with Crippen molar-refractivity contribution in [2.45, 2.75) is 44.5 Å². The maximum absolute atomic E-state index is 12.8. The van der Waals surface area contributed by atoms with Crippen LogP contribution in [0.3, 0.4) is 0 Å². The number of amides is 1. The minimum Gasteiger partial charge on any atom is -0.493 e. The van der Waals surface area contributed by atoms with Gasteiger partial charge in [-0.05, 0) is 30.5 Å². The molecule has 8 heteroatoms. The third-order valence-electron chi connectivity index (χ3n) is 5.75. The molecule has 3 unspecified atom stereocenters. The number of rotatable bonds is 8. The Balaban J connectivity index is 1.16. The summed E-state index contributed by atoms with van der Waals surface area (Å²) in [6, 6.07) is 18.4. The maximum Gasteiger partial charge on any atom is 0.407 e. The minimum atomic E-state index is -0.591. The highest BCUT2D eigenvalue weighted by atomic mass is 16.6. The number of carbonyl (C=O) groups is 3. The number of allylic oxidation sites excluding steroid dienone is 1. The molecule has 1 heterocycles. The van der Waals surface area contributed by atoms with E-state index in [0.29, 0.717) is 25.0 Å². The molecule has 0 radical (unpaired) electrons. The number of ketones is 1. The number of alkyl carbamates (subject to hydrolysis) is 1. The van der Waals surface area contributed by atoms with Gasteiger partial charge in [0.2, 0.25) is 11.5 Å². The molecule has 0 bridgehead atoms. The van der Waals surface area contributed by atoms with Crippen molar-refractivity contribution in [2.24, 2.45) is 5.92 Å². The van der Waals surface area contributed by atoms with Gasteiger partial charge in [0.15, 0.2) is 0 Å². The van der Waals surface area contributed by atoms with Crippen LogP contribution in [0.25, 0.3) is 0 Å². The topological polar surface area (TPSA) is 100 Å². The maximum atomic E-state index is 12.8. The van der Waals surface area contributed by atoms with Crippen molar-refractivity contribution < 1.29 is 33.3 Å². The second-order valence-corrected chi connectivity index (χ2v) is 8.21. The fraction of sp³-hybridized carbons (Fsp3) is 0.346. The zero-order valence-corrected chi connectivity index (χ0v) is 18.7. The highest BCUT2D eigenvalue weighted by Crippen LogP contribution is 2.35. The Hall–Kier alpha value is -3.81. The Labute approximate surface area is 197 Å². The van der Waals surface area contributed by atoms with E-state index in [1.807, 2.05) is 48.5 Å². The van der Waals surface area contributed by atoms with Gasteiger partial charge in [-0.3, -0.25) is 9.59 Å². The van der Waals surface area contributed by atoms with Crippen LogP contribution >= 0.6 is 0 Å². The monoisotopic (exact) mass is 465 g/mol. The smallest absolute Gasteiger partial charge is 0.407 e. The summed E-state index contributed by atoms with van der Waals surface area (Å²) in [6.07, 6.45) is 1.64. The van der Waals surface area contributed by atoms with E-state index >= 15 is 0 Å². The molecule has 1 aliphatic carbocycles. The number of esters is 1. The lowest BCUT2D eigenvalue weighted by Gasteiger charge is -2.36. The largest absolute Gasteiger partial charge is 0.493 e. The number of benzene rings is 2. The van der Waals surface area contributed by atoms with Crippen LogP contribution in [0.1, 0.15) is 31.2 Å². The molecule has 0 spiro atoms. The molecule has 8 nitrogen and oxygen atoms in total. The van der Waals surface area contributed by atoms with Gasteiger partial charge in [-0.15, -0.1) is 0 Å². The highest BCUT2D eigenvalue weighted by Gasteiger charge is 2.42. The van der Waals surface area contributed by atoms with Crippen LogP contribution in [-0.2, 0) is 30.4 Å². The first-order valence-corrected chi connectivity index (χ1v) is 11.4. The summed E-state index contributed by atoms with van der Waals surface area (Å²) in [5.41, 5.74) is 0.879. The first-order valence-electron chi connectivity index (χ1n) is 11.4. The van der Waals surface area contributed by atoms with Crippen LogP contribution in [-0.4, -0.2) is 36.6 Å². The van der Waals surface area contributed by atoms with Gasteiger partial charge in [-0.25, -0.2) is 4.79 Å². The number of hydrogen-bond acceptors (Lipinski definition) is 7. The van der Waals surface area contributed by atoms with Gasteiger partial charge >= 0.3 is 12.1 Å². The van der Waals surface area contributed by atoms with Gasteiger partial charge in [0.25, 0.3) is 0 Å². The molecule has 3 atom stereocenters. The average Bonchev–Trinajstić information content (AvgIpc) is 2.86. The van der Waals surface area contributed by atoms with Gasteiger partial charge < -0.3 is 24.3 Å². The molecule has 178 valence electrons. The molecule has 1 N–H and O–H groups in total. The van der Waals surface area contributed by atoms with Gasteiger partial charge in [0.05, 0.1) is 12.3 Å². The van der Waals surface area contributed by atoms with Crippen molar-refractivity contribution in [3.8, 4) is 5.75 Å². The molecule has 2 aromatic rings. The fourth-order valence-corrected chi connectivity index (χ4v) is 4.02. The number of carbonyl (C=O) groups excluding carboxylic acids is 3. The number of para-hydroxylation sites is 1. The number of fused-ring (bicyclic) bond motifs is 1. The van der Waals surface area contributed by atoms with Crippen molar-refractivity contribution in [3.63, 3.8) is 0 Å². The quantitative estimate of drug-likeness (QED) is 0.590. The molecule has 1 aliphatic heterocycles. The Morgan fingerprint density at radius 2 is 1.74 bits per heavy atom. The summed E-state index contributed by atoms with van der Waals surface area (Å²) in [4.78, 5) is 36.8. The van der Waals surface area contributed by atoms with Gasteiger partial charge in [0, 0.05) is 13.0 Å². The molecule has 2 aromatic carbocycles. The Morgan fingerprint density at radius 1 is 1.00 bits per heavy atom. The Kier molecular flexibility index (Phi) is 7.80. The molecule has 34 heavy (non-hydrogen) atoms. The first kappa shape index (κ1) is 23.4. The molecule has 1 saturated carbocycles. The zero-order chi connectivity index (χ0) is 23.8. The van der Waals surface area contributed by atoms with E-state index in [-0.39, 0.29) is 49.2 Å². The Morgan fingerprint density at radius 3 is 2.50 bits per heavy atom. The summed E-state index contributed by atoms with van der Waals surface area (Å²) in [5.74, 6) is -0.0714. The van der Waals surface area contributed by atoms with Crippen molar-refractivity contribution in [1.29, 1.82) is 0 Å². The van der Waals surface area contributed by atoms with Crippen molar-refractivity contribution in [3.05, 3.63) is 78.2 Å². The molecule has 2 aliphatic rings. The van der Waals surface area contributed by atoms with E-state index in [0.717, 1.165) is 5.56 Å². The average molecular weight is 466 g/mol. The Bertz CT molecular complexity index is 1020. The number of Topliss-reactive ketones (excluding diaryl/α,β-unsaturated/α-hetero) is 1. The van der Waals surface area contributed by atoms with Gasteiger partial charge in [-0.1, -0.05) is 48.5 Å². The third kappa shape index (κ3) is 6.37. The number of hydrogen-bond donors (Lipinski definition) is 1. The minimum absolute atomic E-state index is 0.0276. The molecule has 0 aromatic heterocycles. The summed E-state index contributed by atoms with van der Waals surface area (Å²) in [5, 5.41) is 2.54. The number of ether oxygens (including phenoxy) is 4. The van der Waals surface area contributed by atoms with E-state index < -0.39 is 12.1 Å². The summed E-state index contributed by atoms with van der Waals surface area (Å²) >= 11 is 0. The SMILES string of the molecule is O=C(CCNC(=O)OCc1ccccc1)OC1CCC2C(=O)C(Oc3ccccc3)=COC2C1. The second-order valence-electron chi connectivity index (χ2n) is 8.21. The van der Waals surface area contributed by atoms with Gasteiger partial charge in [-0.2, -0.15) is 0 Å². The predicted octanol–water partition coefficient (Wildman–Crippen LogP) is 3.90. The summed E-state index contributed by atoms with van der Waals surface area (Å²) < 4.78 is 22.1. The van der Waals surface area contributed by atoms with Crippen LogP contribution in [0.4, 0.5) is 4.79 Å². The summed E-state index contributed by atoms with van der Waals surface area (Å²) in [7, 11) is 0. The second kappa shape index (κ2) is 11.4. The van der Waals surface area contributed by atoms with Crippen LogP contribution in [0.15, 0.2) is 72.7 Å². The molecule has 1 fully saturated rings. The van der Waals surface area contributed by atoms with Crippen LogP contribution < -0.4 is 10.1 Å². The molecular weight excluding hydrogens is 438 g/mol. The predicted molar refractivity (Wildman–Crippen MR) is 122 cm³/mol. The van der Waals surface area contributed by atoms with Crippen LogP contribution in [0.5, 0.6) is 5.75 Å². The van der Waals surface area contributed by atoms with Gasteiger partial charge in [0.1, 0.15) is 30.8 Å². The summed E-state index contributed by atoms with van der Waals surface area (Å²) in [6.45, 7) is 0.274. The molecular formula is C26H27NO7. The van der Waals surface area contributed by atoms with Crippen LogP contribution in [0, 0.1) is 5.92 Å². The first-order chi connectivity index (χ1) is 16.6. The van der Waals surface area contributed by atoms with Crippen molar-refractivity contribution in [2.75, 3.05) is 6.54 Å². The van der Waals surface area contributed by atoms with E-state index in [1.54, 1.807) is 12.1 Å². The molecule has 4 rings (SSSR count). The normalized spacial score (nSPS) is 21.4. The standard InChI is InChI=1S/C26H27NO7/c28-24(13-14-27-26(30)32-16-18-7-3-1-4-8-18)34-20-11-12-21-22(15-20)31-17-23(25(21)29)33-19-9-5-2-6-10-19/h1-10,17,20-22H,11-16H2,(H,27,30). The zero-order valence-electron chi connectivity index (χ0n) is 18.7. The molecule has 1 amide bonds. The van der Waals surface area contributed by atoms with Crippen molar-refractivity contribution >= 4 is 17.8 Å². The number of nitrogens with one attached hydrogen (secondary N) is 1. The fourth-order valence-electron chi connectivity index (χ4n) is 4.02. The lowest BCUT2D eigenvalue weighted by atomic mass is 9.80. The lowest BCUT2D eigenvalue weighted by molar-refractivity contribution is -0.155. The van der Waals surface area contributed by atoms with E-state index in [4.69, 9.17) is 18.9 Å². The van der Waals surface area contributed by atoms with E-state index in [2.05, 4.69) is 5.32 Å². The van der Waals surface area contributed by atoms with E-state index in [9.17, 15) is 14.4 Å². The van der Waals surface area contributed by atoms with Crippen molar-refractivity contribution in [1.82, 2.24) is 5.32 Å². The van der Waals surface area contributed by atoms with E-state index in [1.165, 1.54) is 6.26 Å². The highest BCUT2D eigenvalue weighted by molar-refractivity contribution is 5.96. The molecule has 0 saturated heterocycles. The lowest BCUT2D eigenvalue weighted by Crippen LogP contribution is -2.43. The third-order valence-corrected chi connectivity index (χ3v) is 5.75. The van der Waals surface area contributed by atoms with Crippen LogP contribution in [0.2, 0.25) is 0 Å².